The van der Waals surface area contributed by atoms with E-state index in [0.29, 0.717) is 13.2 Å². The van der Waals surface area contributed by atoms with E-state index in [-0.39, 0.29) is 0 Å². The van der Waals surface area contributed by atoms with Gasteiger partial charge in [0.25, 0.3) is 0 Å². The Kier molecular flexibility index (Phi) is 5.68. The molecule has 21 heavy (non-hydrogen) atoms. The molecule has 0 aliphatic carbocycles. The van der Waals surface area contributed by atoms with Gasteiger partial charge in [-0.25, -0.2) is 0 Å². The normalized spacial score (nSPS) is 10.5. The molecule has 0 unspecified atom stereocenters. The number of benzene rings is 2. The van der Waals surface area contributed by atoms with Crippen LogP contribution in [0, 0.1) is 13.8 Å². The van der Waals surface area contributed by atoms with E-state index in [0.717, 1.165) is 22.4 Å². The maximum atomic E-state index is 6.08. The number of halogens is 1. The molecule has 0 saturated heterocycles. The highest BCUT2D eigenvalue weighted by Crippen LogP contribution is 2.33. The lowest BCUT2D eigenvalue weighted by Crippen LogP contribution is -2.03. The summed E-state index contributed by atoms with van der Waals surface area (Å²) < 4.78 is 11.8. The molecule has 0 fully saturated rings. The smallest absolute Gasteiger partial charge is 0.165 e. The minimum atomic E-state index is 0.553. The summed E-state index contributed by atoms with van der Waals surface area (Å²) >= 11 is 3.51. The standard InChI is InChI=1S/C18H21BrO2/c1-4-20-17-7-5-6-15(11-19)18(17)21-12-16-10-13(2)8-9-14(16)3/h5-10H,4,11-12H2,1-3H3. The van der Waals surface area contributed by atoms with Gasteiger partial charge in [0, 0.05) is 10.9 Å². The summed E-state index contributed by atoms with van der Waals surface area (Å²) in [5.41, 5.74) is 4.81. The molecule has 0 amide bonds. The van der Waals surface area contributed by atoms with Crippen LogP contribution in [-0.4, -0.2) is 6.61 Å². The third kappa shape index (κ3) is 4.01. The van der Waals surface area contributed by atoms with Crippen LogP contribution in [0.3, 0.4) is 0 Å². The first-order chi connectivity index (χ1) is 10.2. The zero-order valence-electron chi connectivity index (χ0n) is 12.8. The predicted molar refractivity (Wildman–Crippen MR) is 90.5 cm³/mol. The molecule has 0 atom stereocenters. The molecule has 0 spiro atoms. The SMILES string of the molecule is CCOc1cccc(CBr)c1OCc1cc(C)ccc1C. The van der Waals surface area contributed by atoms with Crippen molar-refractivity contribution in [3.05, 3.63) is 58.7 Å². The van der Waals surface area contributed by atoms with Gasteiger partial charge in [-0.1, -0.05) is 51.8 Å². The Hall–Kier alpha value is -1.48. The fourth-order valence-corrected chi connectivity index (χ4v) is 2.65. The minimum Gasteiger partial charge on any atom is -0.490 e. The van der Waals surface area contributed by atoms with E-state index in [4.69, 9.17) is 9.47 Å². The second kappa shape index (κ2) is 7.51. The number of para-hydroxylation sites is 1. The van der Waals surface area contributed by atoms with Crippen LogP contribution in [0.25, 0.3) is 0 Å². The van der Waals surface area contributed by atoms with Gasteiger partial charge in [0.1, 0.15) is 6.61 Å². The zero-order valence-corrected chi connectivity index (χ0v) is 14.4. The Balaban J connectivity index is 2.24. The van der Waals surface area contributed by atoms with Gasteiger partial charge in [-0.05, 0) is 38.0 Å². The Bertz CT molecular complexity index is 608. The van der Waals surface area contributed by atoms with E-state index in [2.05, 4.69) is 54.0 Å². The van der Waals surface area contributed by atoms with Gasteiger partial charge < -0.3 is 9.47 Å². The van der Waals surface area contributed by atoms with E-state index in [1.54, 1.807) is 0 Å². The molecule has 0 aliphatic rings. The van der Waals surface area contributed by atoms with Crippen molar-refractivity contribution in [1.29, 1.82) is 0 Å². The topological polar surface area (TPSA) is 18.5 Å². The van der Waals surface area contributed by atoms with Gasteiger partial charge in [-0.3, -0.25) is 0 Å². The van der Waals surface area contributed by atoms with Crippen molar-refractivity contribution in [2.24, 2.45) is 0 Å². The van der Waals surface area contributed by atoms with E-state index in [1.165, 1.54) is 16.7 Å². The number of rotatable bonds is 6. The average Bonchev–Trinajstić information content (AvgIpc) is 2.49. The van der Waals surface area contributed by atoms with Gasteiger partial charge in [0.2, 0.25) is 0 Å². The lowest BCUT2D eigenvalue weighted by Gasteiger charge is -2.16. The molecule has 2 nitrogen and oxygen atoms in total. The third-order valence-electron chi connectivity index (χ3n) is 3.38. The highest BCUT2D eigenvalue weighted by Gasteiger charge is 2.11. The number of aryl methyl sites for hydroxylation is 2. The first-order valence-electron chi connectivity index (χ1n) is 7.15. The Morgan fingerprint density at radius 2 is 1.81 bits per heavy atom. The summed E-state index contributed by atoms with van der Waals surface area (Å²) in [6, 6.07) is 12.4. The van der Waals surface area contributed by atoms with E-state index >= 15 is 0 Å². The van der Waals surface area contributed by atoms with Crippen LogP contribution in [0.2, 0.25) is 0 Å². The Labute approximate surface area is 135 Å². The second-order valence-electron chi connectivity index (χ2n) is 5.03. The fraction of sp³-hybridized carbons (Fsp3) is 0.333. The number of hydrogen-bond donors (Lipinski definition) is 0. The predicted octanol–water partition coefficient (Wildman–Crippen LogP) is 5.18. The van der Waals surface area contributed by atoms with E-state index < -0.39 is 0 Å². The van der Waals surface area contributed by atoms with Crippen LogP contribution in [0.4, 0.5) is 0 Å². The molecule has 0 N–H and O–H groups in total. The van der Waals surface area contributed by atoms with Crippen molar-refractivity contribution in [1.82, 2.24) is 0 Å². The van der Waals surface area contributed by atoms with E-state index in [1.807, 2.05) is 19.1 Å². The largest absolute Gasteiger partial charge is 0.490 e. The Morgan fingerprint density at radius 1 is 1.00 bits per heavy atom. The molecule has 0 aliphatic heterocycles. The van der Waals surface area contributed by atoms with Crippen LogP contribution < -0.4 is 9.47 Å². The molecule has 3 heteroatoms. The summed E-state index contributed by atoms with van der Waals surface area (Å²) in [6.07, 6.45) is 0. The lowest BCUT2D eigenvalue weighted by molar-refractivity contribution is 0.267. The highest BCUT2D eigenvalue weighted by atomic mass is 79.9. The number of hydrogen-bond acceptors (Lipinski definition) is 2. The van der Waals surface area contributed by atoms with Gasteiger partial charge in [0.15, 0.2) is 11.5 Å². The number of ether oxygens (including phenoxy) is 2. The summed E-state index contributed by atoms with van der Waals surface area (Å²) in [5, 5.41) is 0.746. The molecule has 0 aromatic heterocycles. The van der Waals surface area contributed by atoms with Crippen molar-refractivity contribution < 1.29 is 9.47 Å². The van der Waals surface area contributed by atoms with Crippen molar-refractivity contribution >= 4 is 15.9 Å². The monoisotopic (exact) mass is 348 g/mol. The Morgan fingerprint density at radius 3 is 2.52 bits per heavy atom. The summed E-state index contributed by atoms with van der Waals surface area (Å²) in [6.45, 7) is 7.37. The van der Waals surface area contributed by atoms with Gasteiger partial charge in [-0.2, -0.15) is 0 Å². The number of alkyl halides is 1. The second-order valence-corrected chi connectivity index (χ2v) is 5.59. The van der Waals surface area contributed by atoms with Gasteiger partial charge in [-0.15, -0.1) is 0 Å². The van der Waals surface area contributed by atoms with Crippen molar-refractivity contribution in [2.75, 3.05) is 6.61 Å². The molecule has 0 bridgehead atoms. The van der Waals surface area contributed by atoms with Gasteiger partial charge in [0.05, 0.1) is 6.61 Å². The quantitative estimate of drug-likeness (QED) is 0.670. The summed E-state index contributed by atoms with van der Waals surface area (Å²) in [4.78, 5) is 0. The molecule has 0 saturated carbocycles. The van der Waals surface area contributed by atoms with Crippen molar-refractivity contribution in [2.45, 2.75) is 32.7 Å². The molecule has 2 aromatic rings. The van der Waals surface area contributed by atoms with E-state index in [9.17, 15) is 0 Å². The first kappa shape index (κ1) is 15.9. The molecule has 2 aromatic carbocycles. The maximum Gasteiger partial charge on any atom is 0.165 e. The average molecular weight is 349 g/mol. The summed E-state index contributed by atoms with van der Waals surface area (Å²) in [5.74, 6) is 1.64. The highest BCUT2D eigenvalue weighted by molar-refractivity contribution is 9.08. The molecule has 0 heterocycles. The maximum absolute atomic E-state index is 6.08. The molecule has 2 rings (SSSR count). The minimum absolute atomic E-state index is 0.553. The van der Waals surface area contributed by atoms with Crippen molar-refractivity contribution in [3.63, 3.8) is 0 Å². The van der Waals surface area contributed by atoms with Crippen molar-refractivity contribution in [3.8, 4) is 11.5 Å². The molecule has 112 valence electrons. The van der Waals surface area contributed by atoms with Crippen LogP contribution in [0.1, 0.15) is 29.2 Å². The van der Waals surface area contributed by atoms with Crippen LogP contribution in [-0.2, 0) is 11.9 Å². The van der Waals surface area contributed by atoms with Crippen LogP contribution in [0.5, 0.6) is 11.5 Å². The molecular weight excluding hydrogens is 328 g/mol. The zero-order chi connectivity index (χ0) is 15.2. The lowest BCUT2D eigenvalue weighted by atomic mass is 10.1. The summed E-state index contributed by atoms with van der Waals surface area (Å²) in [7, 11) is 0. The van der Waals surface area contributed by atoms with Gasteiger partial charge >= 0.3 is 0 Å². The third-order valence-corrected chi connectivity index (χ3v) is 3.99. The van der Waals surface area contributed by atoms with Crippen LogP contribution in [0.15, 0.2) is 36.4 Å². The first-order valence-corrected chi connectivity index (χ1v) is 8.27. The molecule has 0 radical (unpaired) electrons. The molecular formula is C18H21BrO2. The van der Waals surface area contributed by atoms with Crippen LogP contribution >= 0.6 is 15.9 Å². The fourth-order valence-electron chi connectivity index (χ4n) is 2.21.